The van der Waals surface area contributed by atoms with Crippen molar-refractivity contribution in [2.24, 2.45) is 0 Å². The van der Waals surface area contributed by atoms with E-state index in [-0.39, 0.29) is 17.2 Å². The number of nitrogens with two attached hydrogens (primary N) is 1. The van der Waals surface area contributed by atoms with E-state index in [2.05, 4.69) is 25.0 Å². The number of sulfonamides is 1. The van der Waals surface area contributed by atoms with E-state index in [9.17, 15) is 8.42 Å². The Morgan fingerprint density at radius 2 is 1.90 bits per heavy atom. The summed E-state index contributed by atoms with van der Waals surface area (Å²) in [6.45, 7) is 0. The van der Waals surface area contributed by atoms with Crippen LogP contribution in [0.1, 0.15) is 0 Å². The second-order valence-electron chi connectivity index (χ2n) is 3.87. The first kappa shape index (κ1) is 14.3. The molecule has 0 atom stereocenters. The van der Waals surface area contributed by atoms with Crippen LogP contribution in [-0.4, -0.2) is 29.6 Å². The lowest BCUT2D eigenvalue weighted by Gasteiger charge is -2.08. The van der Waals surface area contributed by atoms with Crippen molar-refractivity contribution in [2.45, 2.75) is 0 Å². The Balaban J connectivity index is 2.23. The largest absolute Gasteiger partial charge is 0.368 e. The van der Waals surface area contributed by atoms with Crippen molar-refractivity contribution in [3.8, 4) is 0 Å². The van der Waals surface area contributed by atoms with Crippen LogP contribution in [0, 0.1) is 0 Å². The van der Waals surface area contributed by atoms with Gasteiger partial charge in [0.15, 0.2) is 0 Å². The highest BCUT2D eigenvalue weighted by Gasteiger charge is 2.05. The zero-order valence-electron chi connectivity index (χ0n) is 10.3. The van der Waals surface area contributed by atoms with Gasteiger partial charge in [0.05, 0.1) is 11.9 Å². The lowest BCUT2D eigenvalue weighted by Crippen LogP contribution is -2.09. The first-order valence-electron chi connectivity index (χ1n) is 5.34. The maximum Gasteiger partial charge on any atom is 0.233 e. The van der Waals surface area contributed by atoms with Gasteiger partial charge in [0.2, 0.25) is 27.2 Å². The van der Waals surface area contributed by atoms with Gasteiger partial charge >= 0.3 is 0 Å². The van der Waals surface area contributed by atoms with E-state index in [0.29, 0.717) is 11.4 Å². The molecule has 1 heterocycles. The van der Waals surface area contributed by atoms with Crippen molar-refractivity contribution in [3.63, 3.8) is 0 Å². The Labute approximate surface area is 120 Å². The first-order chi connectivity index (χ1) is 9.32. The molecule has 106 valence electrons. The van der Waals surface area contributed by atoms with Gasteiger partial charge in [0.1, 0.15) is 0 Å². The van der Waals surface area contributed by atoms with Crippen molar-refractivity contribution in [3.05, 3.63) is 29.5 Å². The number of benzene rings is 1. The number of nitrogens with zero attached hydrogens (tertiary/aromatic N) is 3. The molecule has 4 N–H and O–H groups in total. The van der Waals surface area contributed by atoms with Gasteiger partial charge < -0.3 is 11.1 Å². The second kappa shape index (κ2) is 5.47. The Kier molecular flexibility index (Phi) is 3.91. The number of rotatable bonds is 4. The summed E-state index contributed by atoms with van der Waals surface area (Å²) in [4.78, 5) is 11.3. The molecule has 0 spiro atoms. The molecule has 0 fully saturated rings. The van der Waals surface area contributed by atoms with E-state index in [0.717, 1.165) is 6.26 Å². The SMILES string of the molecule is CS(=O)(=O)Nc1cccc(Nc2nc(N)nc(Cl)n2)c1. The number of anilines is 4. The van der Waals surface area contributed by atoms with Gasteiger partial charge in [0.25, 0.3) is 0 Å². The molecule has 2 aromatic rings. The molecule has 0 aliphatic rings. The van der Waals surface area contributed by atoms with E-state index in [4.69, 9.17) is 17.3 Å². The molecule has 0 saturated carbocycles. The number of hydrogen-bond acceptors (Lipinski definition) is 7. The minimum Gasteiger partial charge on any atom is -0.368 e. The average Bonchev–Trinajstić information content (AvgIpc) is 2.25. The normalized spacial score (nSPS) is 11.1. The molecule has 10 heteroatoms. The topological polar surface area (TPSA) is 123 Å². The highest BCUT2D eigenvalue weighted by Crippen LogP contribution is 2.19. The van der Waals surface area contributed by atoms with Gasteiger partial charge in [-0.25, -0.2) is 8.42 Å². The fourth-order valence-electron chi connectivity index (χ4n) is 1.42. The number of aromatic nitrogens is 3. The van der Waals surface area contributed by atoms with Gasteiger partial charge in [-0.05, 0) is 29.8 Å². The zero-order chi connectivity index (χ0) is 14.8. The van der Waals surface area contributed by atoms with Crippen LogP contribution >= 0.6 is 11.6 Å². The van der Waals surface area contributed by atoms with Gasteiger partial charge in [-0.3, -0.25) is 4.72 Å². The second-order valence-corrected chi connectivity index (χ2v) is 5.95. The van der Waals surface area contributed by atoms with Crippen molar-refractivity contribution < 1.29 is 8.42 Å². The lowest BCUT2D eigenvalue weighted by molar-refractivity contribution is 0.607. The van der Waals surface area contributed by atoms with Gasteiger partial charge in [-0.15, -0.1) is 0 Å². The van der Waals surface area contributed by atoms with Crippen molar-refractivity contribution in [2.75, 3.05) is 22.0 Å². The van der Waals surface area contributed by atoms with E-state index in [1.165, 1.54) is 0 Å². The third kappa shape index (κ3) is 4.21. The van der Waals surface area contributed by atoms with Gasteiger partial charge in [-0.2, -0.15) is 15.0 Å². The van der Waals surface area contributed by atoms with Crippen LogP contribution in [0.5, 0.6) is 0 Å². The summed E-state index contributed by atoms with van der Waals surface area (Å²) < 4.78 is 24.7. The first-order valence-corrected chi connectivity index (χ1v) is 7.61. The number of nitrogen functional groups attached to an aromatic ring is 1. The molecule has 8 nitrogen and oxygen atoms in total. The summed E-state index contributed by atoms with van der Waals surface area (Å²) in [5, 5.41) is 2.81. The zero-order valence-corrected chi connectivity index (χ0v) is 11.9. The van der Waals surface area contributed by atoms with Crippen LogP contribution in [0.4, 0.5) is 23.3 Å². The van der Waals surface area contributed by atoms with Crippen molar-refractivity contribution in [1.29, 1.82) is 0 Å². The standard InChI is InChI=1S/C10H11ClN6O2S/c1-20(18,19)17-7-4-2-3-6(5-7)13-10-15-8(11)14-9(12)16-10/h2-5,17H,1H3,(H3,12,13,14,15,16). The van der Waals surface area contributed by atoms with E-state index >= 15 is 0 Å². The Hall–Kier alpha value is -2.13. The van der Waals surface area contributed by atoms with E-state index in [1.807, 2.05) is 0 Å². The minimum atomic E-state index is -3.34. The monoisotopic (exact) mass is 314 g/mol. The van der Waals surface area contributed by atoms with E-state index < -0.39 is 10.0 Å². The molecular formula is C10H11ClN6O2S. The Morgan fingerprint density at radius 1 is 1.20 bits per heavy atom. The fraction of sp³-hybridized carbons (Fsp3) is 0.100. The number of nitrogens with one attached hydrogen (secondary N) is 2. The predicted molar refractivity (Wildman–Crippen MR) is 77.4 cm³/mol. The highest BCUT2D eigenvalue weighted by atomic mass is 35.5. The molecule has 1 aromatic carbocycles. The summed E-state index contributed by atoms with van der Waals surface area (Å²) in [7, 11) is -3.34. The summed E-state index contributed by atoms with van der Waals surface area (Å²) in [6, 6.07) is 6.57. The van der Waals surface area contributed by atoms with Crippen LogP contribution in [0.25, 0.3) is 0 Å². The van der Waals surface area contributed by atoms with E-state index in [1.54, 1.807) is 24.3 Å². The third-order valence-corrected chi connectivity index (χ3v) is 2.82. The summed E-state index contributed by atoms with van der Waals surface area (Å²) in [5.41, 5.74) is 6.43. The third-order valence-electron chi connectivity index (χ3n) is 2.05. The summed E-state index contributed by atoms with van der Waals surface area (Å²) >= 11 is 5.66. The van der Waals surface area contributed by atoms with Crippen molar-refractivity contribution in [1.82, 2.24) is 15.0 Å². The van der Waals surface area contributed by atoms with Gasteiger partial charge in [0, 0.05) is 5.69 Å². The van der Waals surface area contributed by atoms with Crippen molar-refractivity contribution >= 4 is 44.9 Å². The number of hydrogen-bond donors (Lipinski definition) is 3. The number of halogens is 1. The van der Waals surface area contributed by atoms with Crippen LogP contribution in [0.3, 0.4) is 0 Å². The van der Waals surface area contributed by atoms with Gasteiger partial charge in [-0.1, -0.05) is 6.07 Å². The van der Waals surface area contributed by atoms with Crippen LogP contribution in [0.15, 0.2) is 24.3 Å². The Morgan fingerprint density at radius 3 is 2.55 bits per heavy atom. The molecule has 0 saturated heterocycles. The highest BCUT2D eigenvalue weighted by molar-refractivity contribution is 7.92. The molecule has 1 aromatic heterocycles. The molecular weight excluding hydrogens is 304 g/mol. The maximum atomic E-state index is 11.2. The smallest absolute Gasteiger partial charge is 0.233 e. The molecule has 0 radical (unpaired) electrons. The Bertz CT molecular complexity index is 716. The quantitative estimate of drug-likeness (QED) is 0.775. The molecule has 2 rings (SSSR count). The minimum absolute atomic E-state index is 0.0158. The molecule has 0 bridgehead atoms. The predicted octanol–water partition coefficient (Wildman–Crippen LogP) is 1.22. The molecule has 20 heavy (non-hydrogen) atoms. The average molecular weight is 315 g/mol. The van der Waals surface area contributed by atoms with Crippen LogP contribution in [0.2, 0.25) is 5.28 Å². The van der Waals surface area contributed by atoms with Crippen LogP contribution in [-0.2, 0) is 10.0 Å². The lowest BCUT2D eigenvalue weighted by atomic mass is 10.3. The molecule has 0 unspecified atom stereocenters. The molecule has 0 aliphatic carbocycles. The maximum absolute atomic E-state index is 11.2. The summed E-state index contributed by atoms with van der Waals surface area (Å²) in [6.07, 6.45) is 1.07. The molecule has 0 amide bonds. The van der Waals surface area contributed by atoms with Crippen LogP contribution < -0.4 is 15.8 Å². The molecule has 0 aliphatic heterocycles. The fourth-order valence-corrected chi connectivity index (χ4v) is 2.15. The summed E-state index contributed by atoms with van der Waals surface area (Å²) in [5.74, 6) is 0.150.